The molecule has 2 bridgehead atoms. The van der Waals surface area contributed by atoms with E-state index < -0.39 is 0 Å². The van der Waals surface area contributed by atoms with Gasteiger partial charge in [0.2, 0.25) is 0 Å². The first-order valence-corrected chi connectivity index (χ1v) is 3.92. The molecule has 1 saturated heterocycles. The van der Waals surface area contributed by atoms with E-state index in [9.17, 15) is 0 Å². The average molecular weight is 156 g/mol. The van der Waals surface area contributed by atoms with E-state index >= 15 is 0 Å². The van der Waals surface area contributed by atoms with Crippen LogP contribution in [0.5, 0.6) is 0 Å². The molecule has 62 valence electrons. The van der Waals surface area contributed by atoms with Crippen LogP contribution >= 0.6 is 0 Å². The predicted octanol–water partition coefficient (Wildman–Crippen LogP) is -0.314. The zero-order valence-corrected chi connectivity index (χ0v) is 6.29. The van der Waals surface area contributed by atoms with E-state index in [1.54, 1.807) is 0 Å². The molecule has 2 atom stereocenters. The van der Waals surface area contributed by atoms with Gasteiger partial charge in [-0.2, -0.15) is 0 Å². The Kier molecular flexibility index (Phi) is 1.71. The van der Waals surface area contributed by atoms with Crippen molar-refractivity contribution < 1.29 is 14.9 Å². The maximum Gasteiger partial charge on any atom is 0.0817 e. The van der Waals surface area contributed by atoms with Crippen molar-refractivity contribution in [1.29, 1.82) is 0 Å². The number of fused-ring (bicyclic) bond motifs is 2. The molecular formula is C8H12O3. The third-order valence-electron chi connectivity index (χ3n) is 2.63. The Hall–Kier alpha value is -0.380. The quantitative estimate of drug-likeness (QED) is 0.539. The largest absolute Gasteiger partial charge is 0.392 e. The molecule has 2 unspecified atom stereocenters. The summed E-state index contributed by atoms with van der Waals surface area (Å²) in [5.41, 5.74) is 1.94. The Balaban J connectivity index is 2.27. The highest BCUT2D eigenvalue weighted by Crippen LogP contribution is 2.39. The molecule has 2 aliphatic rings. The van der Waals surface area contributed by atoms with E-state index in [-0.39, 0.29) is 19.3 Å². The van der Waals surface area contributed by atoms with Crippen molar-refractivity contribution in [2.75, 3.05) is 19.8 Å². The molecule has 0 amide bonds. The number of rotatable bonds is 2. The van der Waals surface area contributed by atoms with Crippen LogP contribution in [0, 0.1) is 5.92 Å². The highest BCUT2D eigenvalue weighted by atomic mass is 16.5. The van der Waals surface area contributed by atoms with E-state index in [0.29, 0.717) is 5.92 Å². The van der Waals surface area contributed by atoms with Gasteiger partial charge in [0.05, 0.1) is 25.9 Å². The van der Waals surface area contributed by atoms with Crippen LogP contribution in [0.4, 0.5) is 0 Å². The van der Waals surface area contributed by atoms with Gasteiger partial charge in [-0.1, -0.05) is 0 Å². The summed E-state index contributed by atoms with van der Waals surface area (Å²) >= 11 is 0. The lowest BCUT2D eigenvalue weighted by Crippen LogP contribution is -2.17. The zero-order valence-electron chi connectivity index (χ0n) is 6.29. The van der Waals surface area contributed by atoms with Crippen molar-refractivity contribution in [2.24, 2.45) is 5.92 Å². The zero-order chi connectivity index (χ0) is 7.84. The molecule has 1 aliphatic carbocycles. The summed E-state index contributed by atoms with van der Waals surface area (Å²) in [6.45, 7) is 0.849. The number of ether oxygens (including phenoxy) is 1. The second-order valence-corrected chi connectivity index (χ2v) is 3.12. The summed E-state index contributed by atoms with van der Waals surface area (Å²) in [5, 5.41) is 17.9. The molecule has 0 aromatic carbocycles. The van der Waals surface area contributed by atoms with Gasteiger partial charge in [0, 0.05) is 5.92 Å². The molecule has 0 spiro atoms. The van der Waals surface area contributed by atoms with E-state index in [4.69, 9.17) is 14.9 Å². The van der Waals surface area contributed by atoms with Gasteiger partial charge in [-0.25, -0.2) is 0 Å². The van der Waals surface area contributed by atoms with Crippen LogP contribution in [0.3, 0.4) is 0 Å². The summed E-state index contributed by atoms with van der Waals surface area (Å²) in [5.74, 6) is 0.382. The molecule has 2 rings (SSSR count). The summed E-state index contributed by atoms with van der Waals surface area (Å²) in [6, 6.07) is 0. The van der Waals surface area contributed by atoms with Gasteiger partial charge in [-0.05, 0) is 17.6 Å². The van der Waals surface area contributed by atoms with Crippen LogP contribution in [0.15, 0.2) is 11.1 Å². The summed E-state index contributed by atoms with van der Waals surface area (Å²) < 4.78 is 5.36. The molecule has 3 nitrogen and oxygen atoms in total. The fourth-order valence-electron chi connectivity index (χ4n) is 2.02. The van der Waals surface area contributed by atoms with Crippen molar-refractivity contribution in [3.8, 4) is 0 Å². The number of hydrogen-bond donors (Lipinski definition) is 2. The minimum Gasteiger partial charge on any atom is -0.392 e. The predicted molar refractivity (Wildman–Crippen MR) is 39.0 cm³/mol. The van der Waals surface area contributed by atoms with Gasteiger partial charge in [0.15, 0.2) is 0 Å². The topological polar surface area (TPSA) is 49.7 Å². The van der Waals surface area contributed by atoms with Gasteiger partial charge in [-0.3, -0.25) is 0 Å². The minimum atomic E-state index is 0.0388. The summed E-state index contributed by atoms with van der Waals surface area (Å²) in [7, 11) is 0. The maximum absolute atomic E-state index is 8.97. The first-order chi connectivity index (χ1) is 5.36. The standard InChI is InChI=1S/C8H12O3/c9-2-6-5-1-8(11-4-5)7(6)3-10/h5,8-10H,1-4H2. The molecule has 0 saturated carbocycles. The Morgan fingerprint density at radius 3 is 2.55 bits per heavy atom. The monoisotopic (exact) mass is 156 g/mol. The van der Waals surface area contributed by atoms with Crippen LogP contribution < -0.4 is 0 Å². The molecule has 1 heterocycles. The highest BCUT2D eigenvalue weighted by Gasteiger charge is 2.39. The summed E-state index contributed by atoms with van der Waals surface area (Å²) in [6.07, 6.45) is 1.07. The lowest BCUT2D eigenvalue weighted by molar-refractivity contribution is 0.109. The second kappa shape index (κ2) is 2.59. The van der Waals surface area contributed by atoms with E-state index in [1.165, 1.54) is 0 Å². The molecule has 0 radical (unpaired) electrons. The molecular weight excluding hydrogens is 144 g/mol. The number of aliphatic hydroxyl groups excluding tert-OH is 2. The molecule has 1 aliphatic heterocycles. The molecule has 0 aromatic rings. The molecule has 0 aromatic heterocycles. The fraction of sp³-hybridized carbons (Fsp3) is 0.750. The Bertz CT molecular complexity index is 178. The Labute approximate surface area is 65.3 Å². The number of aliphatic hydroxyl groups is 2. The SMILES string of the molecule is OCC1=C(CO)C2CC1CO2. The van der Waals surface area contributed by atoms with Gasteiger partial charge in [-0.15, -0.1) is 0 Å². The summed E-state index contributed by atoms with van der Waals surface area (Å²) in [4.78, 5) is 0. The molecule has 3 heteroatoms. The Morgan fingerprint density at radius 1 is 1.27 bits per heavy atom. The van der Waals surface area contributed by atoms with Crippen molar-refractivity contribution in [3.05, 3.63) is 11.1 Å². The van der Waals surface area contributed by atoms with Crippen molar-refractivity contribution >= 4 is 0 Å². The molecule has 2 N–H and O–H groups in total. The average Bonchev–Trinajstić information content (AvgIpc) is 2.60. The number of hydrogen-bond acceptors (Lipinski definition) is 3. The minimum absolute atomic E-state index is 0.0388. The van der Waals surface area contributed by atoms with Crippen LogP contribution in [-0.4, -0.2) is 36.1 Å². The van der Waals surface area contributed by atoms with E-state index in [0.717, 1.165) is 24.2 Å². The lowest BCUT2D eigenvalue weighted by atomic mass is 10.0. The van der Waals surface area contributed by atoms with Crippen molar-refractivity contribution in [3.63, 3.8) is 0 Å². The van der Waals surface area contributed by atoms with Gasteiger partial charge in [0.1, 0.15) is 0 Å². The first kappa shape index (κ1) is 7.28. The van der Waals surface area contributed by atoms with E-state index in [2.05, 4.69) is 0 Å². The van der Waals surface area contributed by atoms with E-state index in [1.807, 2.05) is 0 Å². The lowest BCUT2D eigenvalue weighted by Gasteiger charge is -2.16. The smallest absolute Gasteiger partial charge is 0.0817 e. The second-order valence-electron chi connectivity index (χ2n) is 3.12. The van der Waals surface area contributed by atoms with Crippen LogP contribution in [0.25, 0.3) is 0 Å². The van der Waals surface area contributed by atoms with Gasteiger partial charge < -0.3 is 14.9 Å². The third kappa shape index (κ3) is 0.922. The molecule has 1 fully saturated rings. The van der Waals surface area contributed by atoms with Gasteiger partial charge >= 0.3 is 0 Å². The van der Waals surface area contributed by atoms with Crippen LogP contribution in [-0.2, 0) is 4.74 Å². The molecule has 11 heavy (non-hydrogen) atoms. The third-order valence-corrected chi connectivity index (χ3v) is 2.63. The first-order valence-electron chi connectivity index (χ1n) is 3.92. The Morgan fingerprint density at radius 2 is 2.00 bits per heavy atom. The maximum atomic E-state index is 8.97. The van der Waals surface area contributed by atoms with Crippen molar-refractivity contribution in [1.82, 2.24) is 0 Å². The van der Waals surface area contributed by atoms with Crippen LogP contribution in [0.2, 0.25) is 0 Å². The normalized spacial score (nSPS) is 35.5. The van der Waals surface area contributed by atoms with Gasteiger partial charge in [0.25, 0.3) is 0 Å². The van der Waals surface area contributed by atoms with Crippen LogP contribution in [0.1, 0.15) is 6.42 Å². The fourth-order valence-corrected chi connectivity index (χ4v) is 2.02. The highest BCUT2D eigenvalue weighted by molar-refractivity contribution is 5.30. The van der Waals surface area contributed by atoms with Crippen molar-refractivity contribution in [2.45, 2.75) is 12.5 Å².